The predicted molar refractivity (Wildman–Crippen MR) is 64.4 cm³/mol. The van der Waals surface area contributed by atoms with Crippen LogP contribution < -0.4 is 5.32 Å². The maximum Gasteiger partial charge on any atom is 0.0964 e. The van der Waals surface area contributed by atoms with Crippen LogP contribution in [0.4, 0.5) is 0 Å². The van der Waals surface area contributed by atoms with Crippen LogP contribution in [0.5, 0.6) is 0 Å². The molecule has 2 rings (SSSR count). The zero-order chi connectivity index (χ0) is 9.97. The zero-order valence-corrected chi connectivity index (χ0v) is 10.4. The van der Waals surface area contributed by atoms with Gasteiger partial charge in [0.1, 0.15) is 0 Å². The Morgan fingerprint density at radius 2 is 2.50 bits per heavy atom. The fourth-order valence-electron chi connectivity index (χ4n) is 1.47. The summed E-state index contributed by atoms with van der Waals surface area (Å²) in [5.41, 5.74) is 1.13. The van der Waals surface area contributed by atoms with Gasteiger partial charge in [0.05, 0.1) is 11.1 Å². The van der Waals surface area contributed by atoms with Gasteiger partial charge < -0.3 is 0 Å². The molecule has 1 aliphatic rings. The molecule has 2 atom stereocenters. The average molecular weight is 273 g/mol. The monoisotopic (exact) mass is 272 g/mol. The lowest BCUT2D eigenvalue weighted by Gasteiger charge is -2.10. The summed E-state index contributed by atoms with van der Waals surface area (Å²) in [6.45, 7) is 2.22. The Balaban J connectivity index is 2.06. The van der Waals surface area contributed by atoms with Crippen LogP contribution in [0.15, 0.2) is 22.8 Å². The zero-order valence-electron chi connectivity index (χ0n) is 8.03. The maximum atomic E-state index is 4.40. The van der Waals surface area contributed by atoms with Crippen molar-refractivity contribution in [2.24, 2.45) is 0 Å². The van der Waals surface area contributed by atoms with Crippen molar-refractivity contribution in [3.63, 3.8) is 0 Å². The van der Waals surface area contributed by atoms with Gasteiger partial charge in [-0.1, -0.05) is 6.92 Å². The molecule has 0 spiro atoms. The Labute approximate surface area is 97.0 Å². The van der Waals surface area contributed by atoms with Gasteiger partial charge in [0.15, 0.2) is 0 Å². The van der Waals surface area contributed by atoms with E-state index < -0.39 is 0 Å². The molecule has 0 radical (unpaired) electrons. The molecule has 14 heavy (non-hydrogen) atoms. The standard InChI is InChI=1S/C10H13BrN2S/c1-2-8-6-14-10(13-8)9-4-3-7(11)5-12-9/h3-5,8,10,13H,2,6H2,1H3. The molecule has 0 bridgehead atoms. The molecule has 2 nitrogen and oxygen atoms in total. The second kappa shape index (κ2) is 4.64. The van der Waals surface area contributed by atoms with Gasteiger partial charge in [0.25, 0.3) is 0 Å². The summed E-state index contributed by atoms with van der Waals surface area (Å²) >= 11 is 5.33. The summed E-state index contributed by atoms with van der Waals surface area (Å²) in [6.07, 6.45) is 3.05. The van der Waals surface area contributed by atoms with Gasteiger partial charge in [-0.25, -0.2) is 0 Å². The molecular weight excluding hydrogens is 260 g/mol. The second-order valence-corrected chi connectivity index (χ2v) is 5.44. The van der Waals surface area contributed by atoms with Crippen LogP contribution in [0, 0.1) is 0 Å². The Hall–Kier alpha value is -0.0600. The van der Waals surface area contributed by atoms with E-state index in [2.05, 4.69) is 39.2 Å². The number of hydrogen-bond acceptors (Lipinski definition) is 3. The number of thioether (sulfide) groups is 1. The molecule has 1 saturated heterocycles. The first kappa shape index (κ1) is 10.5. The highest BCUT2D eigenvalue weighted by Crippen LogP contribution is 2.32. The van der Waals surface area contributed by atoms with Crippen LogP contribution in [-0.2, 0) is 0 Å². The molecule has 0 aromatic carbocycles. The Morgan fingerprint density at radius 1 is 1.64 bits per heavy atom. The molecule has 76 valence electrons. The van der Waals surface area contributed by atoms with Gasteiger partial charge >= 0.3 is 0 Å². The maximum absolute atomic E-state index is 4.40. The highest BCUT2D eigenvalue weighted by molar-refractivity contribution is 9.10. The Morgan fingerprint density at radius 3 is 3.07 bits per heavy atom. The molecule has 4 heteroatoms. The summed E-state index contributed by atoms with van der Waals surface area (Å²) in [5, 5.41) is 3.94. The van der Waals surface area contributed by atoms with Gasteiger partial charge in [-0.2, -0.15) is 0 Å². The number of halogens is 1. The van der Waals surface area contributed by atoms with Crippen molar-refractivity contribution >= 4 is 27.7 Å². The van der Waals surface area contributed by atoms with Gasteiger partial charge in [0, 0.05) is 22.5 Å². The lowest BCUT2D eigenvalue weighted by Crippen LogP contribution is -2.24. The first-order valence-electron chi connectivity index (χ1n) is 4.78. The molecule has 1 N–H and O–H groups in total. The summed E-state index contributed by atoms with van der Waals surface area (Å²) in [5.74, 6) is 1.19. The van der Waals surface area contributed by atoms with Gasteiger partial charge in [-0.3, -0.25) is 10.3 Å². The first-order valence-corrected chi connectivity index (χ1v) is 6.63. The van der Waals surface area contributed by atoms with Crippen LogP contribution in [0.25, 0.3) is 0 Å². The van der Waals surface area contributed by atoms with E-state index in [0.29, 0.717) is 11.4 Å². The van der Waals surface area contributed by atoms with Gasteiger partial charge in [-0.15, -0.1) is 11.8 Å². The van der Waals surface area contributed by atoms with Crippen LogP contribution in [0.1, 0.15) is 24.4 Å². The predicted octanol–water partition coefficient (Wildman–Crippen LogP) is 2.96. The third kappa shape index (κ3) is 2.30. The Kier molecular flexibility index (Phi) is 3.47. The molecule has 2 heterocycles. The topological polar surface area (TPSA) is 24.9 Å². The molecule has 1 aliphatic heterocycles. The molecule has 2 unspecified atom stereocenters. The normalized spacial score (nSPS) is 26.7. The Bertz CT molecular complexity index is 301. The fraction of sp³-hybridized carbons (Fsp3) is 0.500. The molecule has 1 fully saturated rings. The third-order valence-electron chi connectivity index (χ3n) is 2.36. The average Bonchev–Trinajstić information content (AvgIpc) is 2.67. The molecule has 0 saturated carbocycles. The first-order chi connectivity index (χ1) is 6.79. The van der Waals surface area contributed by atoms with Gasteiger partial charge in [-0.05, 0) is 34.5 Å². The van der Waals surface area contributed by atoms with Crippen molar-refractivity contribution in [2.45, 2.75) is 24.8 Å². The largest absolute Gasteiger partial charge is 0.297 e. The molecule has 0 aliphatic carbocycles. The number of aromatic nitrogens is 1. The number of nitrogens with one attached hydrogen (secondary N) is 1. The minimum absolute atomic E-state index is 0.382. The quantitative estimate of drug-likeness (QED) is 0.896. The molecule has 1 aromatic rings. The lowest BCUT2D eigenvalue weighted by atomic mass is 10.2. The second-order valence-electron chi connectivity index (χ2n) is 3.39. The smallest absolute Gasteiger partial charge is 0.0964 e. The van der Waals surface area contributed by atoms with E-state index in [9.17, 15) is 0 Å². The summed E-state index contributed by atoms with van der Waals surface area (Å²) < 4.78 is 1.04. The van der Waals surface area contributed by atoms with E-state index in [4.69, 9.17) is 0 Å². The van der Waals surface area contributed by atoms with Crippen LogP contribution in [0.2, 0.25) is 0 Å². The number of pyridine rings is 1. The number of nitrogens with zero attached hydrogens (tertiary/aromatic N) is 1. The van der Waals surface area contributed by atoms with Crippen molar-refractivity contribution < 1.29 is 0 Å². The van der Waals surface area contributed by atoms with Crippen LogP contribution in [-0.4, -0.2) is 16.8 Å². The van der Waals surface area contributed by atoms with E-state index >= 15 is 0 Å². The van der Waals surface area contributed by atoms with Crippen molar-refractivity contribution in [3.8, 4) is 0 Å². The fourth-order valence-corrected chi connectivity index (χ4v) is 3.06. The van der Waals surface area contributed by atoms with E-state index in [1.807, 2.05) is 24.0 Å². The molecule has 1 aromatic heterocycles. The number of rotatable bonds is 2. The summed E-state index contributed by atoms with van der Waals surface area (Å²) in [7, 11) is 0. The van der Waals surface area contributed by atoms with Crippen molar-refractivity contribution in [1.82, 2.24) is 10.3 Å². The van der Waals surface area contributed by atoms with Crippen molar-refractivity contribution in [2.75, 3.05) is 5.75 Å². The van der Waals surface area contributed by atoms with E-state index in [1.165, 1.54) is 12.2 Å². The minimum atomic E-state index is 0.382. The minimum Gasteiger partial charge on any atom is -0.297 e. The van der Waals surface area contributed by atoms with Crippen LogP contribution in [0.3, 0.4) is 0 Å². The third-order valence-corrected chi connectivity index (χ3v) is 4.14. The highest BCUT2D eigenvalue weighted by atomic mass is 79.9. The molecule has 0 amide bonds. The van der Waals surface area contributed by atoms with Crippen molar-refractivity contribution in [1.29, 1.82) is 0 Å². The lowest BCUT2D eigenvalue weighted by molar-refractivity contribution is 0.556. The van der Waals surface area contributed by atoms with Crippen molar-refractivity contribution in [3.05, 3.63) is 28.5 Å². The van der Waals surface area contributed by atoms with Crippen LogP contribution >= 0.6 is 27.7 Å². The van der Waals surface area contributed by atoms with E-state index in [0.717, 1.165) is 10.2 Å². The summed E-state index contributed by atoms with van der Waals surface area (Å²) in [6, 6.07) is 4.77. The van der Waals surface area contributed by atoms with Gasteiger partial charge in [0.2, 0.25) is 0 Å². The van der Waals surface area contributed by atoms with E-state index in [1.54, 1.807) is 0 Å². The highest BCUT2D eigenvalue weighted by Gasteiger charge is 2.24. The summed E-state index contributed by atoms with van der Waals surface area (Å²) in [4.78, 5) is 4.40. The SMILES string of the molecule is CCC1CSC(c2ccc(Br)cn2)N1. The molecular formula is C10H13BrN2S. The number of hydrogen-bond donors (Lipinski definition) is 1. The van der Waals surface area contributed by atoms with E-state index in [-0.39, 0.29) is 0 Å².